The van der Waals surface area contributed by atoms with Crippen LogP contribution in [-0.2, 0) is 4.79 Å². The van der Waals surface area contributed by atoms with E-state index in [-0.39, 0.29) is 23.0 Å². The predicted octanol–water partition coefficient (Wildman–Crippen LogP) is 1.53. The molecule has 0 aliphatic rings. The summed E-state index contributed by atoms with van der Waals surface area (Å²) < 4.78 is 0. The lowest BCUT2D eigenvalue weighted by atomic mass is 10.2. The maximum Gasteiger partial charge on any atom is 0.234 e. The number of nitrogens with one attached hydrogen (secondary N) is 1. The first-order valence-electron chi connectivity index (χ1n) is 6.08. The van der Waals surface area contributed by atoms with Crippen molar-refractivity contribution in [3.8, 4) is 12.1 Å². The normalized spacial score (nSPS) is 9.55. The summed E-state index contributed by atoms with van der Waals surface area (Å²) in [6.45, 7) is 0. The SMILES string of the molecule is N#Cc1ccccc1NC(=O)CSc1ncc(C#N)c(N)n1. The van der Waals surface area contributed by atoms with Crippen LogP contribution in [0.25, 0.3) is 0 Å². The number of thioether (sulfide) groups is 1. The van der Waals surface area contributed by atoms with Crippen LogP contribution in [0.1, 0.15) is 11.1 Å². The number of benzene rings is 1. The summed E-state index contributed by atoms with van der Waals surface area (Å²) in [5.41, 5.74) is 6.61. The Labute approximate surface area is 130 Å². The molecule has 0 spiro atoms. The Bertz CT molecular complexity index is 793. The van der Waals surface area contributed by atoms with Gasteiger partial charge in [-0.2, -0.15) is 10.5 Å². The maximum absolute atomic E-state index is 11.9. The van der Waals surface area contributed by atoms with E-state index in [9.17, 15) is 4.79 Å². The van der Waals surface area contributed by atoms with Crippen LogP contribution in [0.5, 0.6) is 0 Å². The number of amides is 1. The first-order valence-corrected chi connectivity index (χ1v) is 7.07. The summed E-state index contributed by atoms with van der Waals surface area (Å²) in [6.07, 6.45) is 1.31. The topological polar surface area (TPSA) is 128 Å². The van der Waals surface area contributed by atoms with E-state index < -0.39 is 0 Å². The fourth-order valence-electron chi connectivity index (χ4n) is 1.54. The van der Waals surface area contributed by atoms with Crippen molar-refractivity contribution in [2.75, 3.05) is 16.8 Å². The molecule has 8 heteroatoms. The highest BCUT2D eigenvalue weighted by Crippen LogP contribution is 2.17. The molecule has 3 N–H and O–H groups in total. The Morgan fingerprint density at radius 2 is 2.00 bits per heavy atom. The van der Waals surface area contributed by atoms with Crippen LogP contribution >= 0.6 is 11.8 Å². The molecule has 0 aliphatic carbocycles. The lowest BCUT2D eigenvalue weighted by Crippen LogP contribution is -2.15. The van der Waals surface area contributed by atoms with Gasteiger partial charge < -0.3 is 11.1 Å². The van der Waals surface area contributed by atoms with Crippen LogP contribution in [0.2, 0.25) is 0 Å². The summed E-state index contributed by atoms with van der Waals surface area (Å²) in [4.78, 5) is 19.8. The molecular formula is C14H10N6OS. The van der Waals surface area contributed by atoms with Crippen LogP contribution in [-0.4, -0.2) is 21.6 Å². The van der Waals surface area contributed by atoms with Gasteiger partial charge in [0, 0.05) is 0 Å². The molecule has 1 heterocycles. The minimum absolute atomic E-state index is 0.0606. The molecule has 2 rings (SSSR count). The second kappa shape index (κ2) is 7.07. The molecule has 0 fully saturated rings. The average molecular weight is 310 g/mol. The second-order valence-corrected chi connectivity index (χ2v) is 5.00. The number of hydrogen-bond acceptors (Lipinski definition) is 7. The van der Waals surface area contributed by atoms with Crippen LogP contribution in [0.4, 0.5) is 11.5 Å². The Kier molecular flexibility index (Phi) is 4.91. The molecule has 2 aromatic rings. The van der Waals surface area contributed by atoms with Crippen molar-refractivity contribution in [1.82, 2.24) is 9.97 Å². The lowest BCUT2D eigenvalue weighted by molar-refractivity contribution is -0.113. The minimum Gasteiger partial charge on any atom is -0.382 e. The smallest absolute Gasteiger partial charge is 0.234 e. The highest BCUT2D eigenvalue weighted by molar-refractivity contribution is 7.99. The third-order valence-corrected chi connectivity index (χ3v) is 3.43. The number of carbonyl (C=O) groups is 1. The van der Waals surface area contributed by atoms with Gasteiger partial charge in [-0.25, -0.2) is 9.97 Å². The zero-order valence-electron chi connectivity index (χ0n) is 11.3. The van der Waals surface area contributed by atoms with Gasteiger partial charge in [-0.3, -0.25) is 4.79 Å². The third kappa shape index (κ3) is 3.72. The molecule has 0 atom stereocenters. The van der Waals surface area contributed by atoms with Crippen molar-refractivity contribution < 1.29 is 4.79 Å². The molecule has 1 aromatic carbocycles. The fraction of sp³-hybridized carbons (Fsp3) is 0.0714. The zero-order chi connectivity index (χ0) is 15.9. The third-order valence-electron chi connectivity index (χ3n) is 2.57. The number of anilines is 2. The van der Waals surface area contributed by atoms with Crippen molar-refractivity contribution in [1.29, 1.82) is 10.5 Å². The van der Waals surface area contributed by atoms with Gasteiger partial charge in [0.2, 0.25) is 5.91 Å². The number of nitrogen functional groups attached to an aromatic ring is 1. The number of aromatic nitrogens is 2. The summed E-state index contributed by atoms with van der Waals surface area (Å²) in [5, 5.41) is 20.6. The minimum atomic E-state index is -0.292. The molecule has 0 saturated heterocycles. The Balaban J connectivity index is 1.98. The first kappa shape index (κ1) is 15.3. The van der Waals surface area contributed by atoms with Crippen molar-refractivity contribution in [2.45, 2.75) is 5.16 Å². The van der Waals surface area contributed by atoms with Crippen LogP contribution in [0.3, 0.4) is 0 Å². The Morgan fingerprint density at radius 3 is 2.68 bits per heavy atom. The molecular weight excluding hydrogens is 300 g/mol. The molecule has 1 amide bonds. The van der Waals surface area contributed by atoms with Gasteiger partial charge in [-0.05, 0) is 12.1 Å². The van der Waals surface area contributed by atoms with E-state index >= 15 is 0 Å². The number of nitriles is 2. The van der Waals surface area contributed by atoms with Gasteiger partial charge in [0.25, 0.3) is 0 Å². The van der Waals surface area contributed by atoms with Gasteiger partial charge in [0.05, 0.1) is 23.2 Å². The molecule has 0 bridgehead atoms. The van der Waals surface area contributed by atoms with Gasteiger partial charge in [0.1, 0.15) is 23.5 Å². The van der Waals surface area contributed by atoms with E-state index in [0.29, 0.717) is 16.4 Å². The zero-order valence-corrected chi connectivity index (χ0v) is 12.1. The molecule has 108 valence electrons. The van der Waals surface area contributed by atoms with Crippen molar-refractivity contribution in [3.63, 3.8) is 0 Å². The number of rotatable bonds is 4. The highest BCUT2D eigenvalue weighted by atomic mass is 32.2. The van der Waals surface area contributed by atoms with E-state index in [2.05, 4.69) is 15.3 Å². The van der Waals surface area contributed by atoms with E-state index in [1.54, 1.807) is 24.3 Å². The molecule has 0 unspecified atom stereocenters. The van der Waals surface area contributed by atoms with E-state index in [0.717, 1.165) is 11.8 Å². The number of nitrogens with two attached hydrogens (primary N) is 1. The second-order valence-electron chi connectivity index (χ2n) is 4.06. The highest BCUT2D eigenvalue weighted by Gasteiger charge is 2.09. The number of para-hydroxylation sites is 1. The summed E-state index contributed by atoms with van der Waals surface area (Å²) in [5.74, 6) is -0.153. The molecule has 0 aliphatic heterocycles. The van der Waals surface area contributed by atoms with Crippen LogP contribution in [0.15, 0.2) is 35.6 Å². The average Bonchev–Trinajstić information content (AvgIpc) is 2.53. The number of hydrogen-bond donors (Lipinski definition) is 2. The van der Waals surface area contributed by atoms with E-state index in [4.69, 9.17) is 16.3 Å². The first-order chi connectivity index (χ1) is 10.6. The van der Waals surface area contributed by atoms with Crippen LogP contribution < -0.4 is 11.1 Å². The lowest BCUT2D eigenvalue weighted by Gasteiger charge is -2.06. The monoisotopic (exact) mass is 310 g/mol. The molecule has 0 radical (unpaired) electrons. The number of nitrogens with zero attached hydrogens (tertiary/aromatic N) is 4. The van der Waals surface area contributed by atoms with Crippen molar-refractivity contribution >= 4 is 29.2 Å². The van der Waals surface area contributed by atoms with Crippen molar-refractivity contribution in [2.24, 2.45) is 0 Å². The quantitative estimate of drug-likeness (QED) is 0.647. The van der Waals surface area contributed by atoms with Crippen molar-refractivity contribution in [3.05, 3.63) is 41.6 Å². The number of carbonyl (C=O) groups excluding carboxylic acids is 1. The largest absolute Gasteiger partial charge is 0.382 e. The Morgan fingerprint density at radius 1 is 1.27 bits per heavy atom. The van der Waals surface area contributed by atoms with Gasteiger partial charge >= 0.3 is 0 Å². The van der Waals surface area contributed by atoms with Gasteiger partial charge in [-0.15, -0.1) is 0 Å². The van der Waals surface area contributed by atoms with Gasteiger partial charge in [0.15, 0.2) is 5.16 Å². The van der Waals surface area contributed by atoms with Gasteiger partial charge in [-0.1, -0.05) is 23.9 Å². The summed E-state index contributed by atoms with van der Waals surface area (Å²) >= 11 is 1.09. The standard InChI is InChI=1S/C14H10N6OS/c15-5-9-3-1-2-4-11(9)19-12(21)8-22-14-18-7-10(6-16)13(17)20-14/h1-4,7H,8H2,(H,19,21)(H2,17,18,20). The molecule has 7 nitrogen and oxygen atoms in total. The molecule has 0 saturated carbocycles. The van der Waals surface area contributed by atoms with E-state index in [1.807, 2.05) is 12.1 Å². The summed E-state index contributed by atoms with van der Waals surface area (Å²) in [6, 6.07) is 10.6. The summed E-state index contributed by atoms with van der Waals surface area (Å²) in [7, 11) is 0. The van der Waals surface area contributed by atoms with E-state index in [1.165, 1.54) is 6.20 Å². The van der Waals surface area contributed by atoms with Crippen LogP contribution in [0, 0.1) is 22.7 Å². The molecule has 22 heavy (non-hydrogen) atoms. The maximum atomic E-state index is 11.9. The predicted molar refractivity (Wildman–Crippen MR) is 81.7 cm³/mol. The Hall–Kier alpha value is -3.10. The molecule has 1 aromatic heterocycles. The fourth-order valence-corrected chi connectivity index (χ4v) is 2.16.